The molecule has 13 unspecified atom stereocenters. The second-order valence-corrected chi connectivity index (χ2v) is 55.5. The van der Waals surface area contributed by atoms with Gasteiger partial charge in [-0.25, -0.2) is 20.8 Å². The molecule has 0 aromatic carbocycles. The highest BCUT2D eigenvalue weighted by Crippen LogP contribution is 2.54. The van der Waals surface area contributed by atoms with Gasteiger partial charge in [-0.05, 0) is 194 Å². The van der Waals surface area contributed by atoms with Gasteiger partial charge in [0.05, 0.1) is 41.6 Å². The van der Waals surface area contributed by atoms with Crippen LogP contribution in [0, 0.1) is 53.4 Å². The molecule has 4 fully saturated rings. The van der Waals surface area contributed by atoms with E-state index in [9.17, 15) is 53.1 Å². The van der Waals surface area contributed by atoms with Gasteiger partial charge in [0.15, 0.2) is 29.2 Å². The second-order valence-electron chi connectivity index (χ2n) is 42.5. The molecule has 806 valence electrons. The van der Waals surface area contributed by atoms with E-state index in [4.69, 9.17) is 67.6 Å². The van der Waals surface area contributed by atoms with E-state index >= 15 is 0 Å². The number of aliphatic hydroxyl groups is 1. The Balaban J connectivity index is 0.000000799. The van der Waals surface area contributed by atoms with Crippen LogP contribution in [0.1, 0.15) is 328 Å². The fraction of sp³-hybridized carbons (Fsp3) is 0.843. The maximum absolute atomic E-state index is 13.7. The van der Waals surface area contributed by atoms with Crippen LogP contribution in [0.15, 0.2) is 31.6 Å². The van der Waals surface area contributed by atoms with Crippen LogP contribution in [0.25, 0.3) is 4.85 Å². The van der Waals surface area contributed by atoms with Crippen molar-refractivity contribution in [2.75, 3.05) is 58.8 Å². The van der Waals surface area contributed by atoms with Gasteiger partial charge in [-0.2, -0.15) is 5.26 Å². The van der Waals surface area contributed by atoms with E-state index in [1.54, 1.807) is 0 Å². The zero-order valence-electron chi connectivity index (χ0n) is 89.8. The number of hydrogen-bond donors (Lipinski definition) is 5. The van der Waals surface area contributed by atoms with Crippen molar-refractivity contribution >= 4 is 68.7 Å². The first kappa shape index (κ1) is 130. The molecule has 0 spiro atoms. The minimum atomic E-state index is -2.53. The van der Waals surface area contributed by atoms with Crippen LogP contribution < -0.4 is 33.1 Å². The Morgan fingerprint density at radius 1 is 0.529 bits per heavy atom. The van der Waals surface area contributed by atoms with Gasteiger partial charge in [-0.3, -0.25) is 66.8 Å². The Morgan fingerprint density at radius 3 is 1.26 bits per heavy atom. The smallest absolute Gasteiger partial charge is 0.328 e. The topological polar surface area (TPSA) is 405 Å². The summed E-state index contributed by atoms with van der Waals surface area (Å²) in [5.74, 6) is 0.406. The third-order valence-corrected chi connectivity index (χ3v) is 42.4. The number of nitrogens with zero attached hydrogens (tertiary/aromatic N) is 7. The first-order chi connectivity index (χ1) is 64.4. The lowest BCUT2D eigenvalue weighted by molar-refractivity contribution is -0.255. The van der Waals surface area contributed by atoms with Crippen LogP contribution in [0.3, 0.4) is 0 Å². The Hall–Kier alpha value is -5.71. The molecule has 4 saturated heterocycles. The predicted molar refractivity (Wildman–Crippen MR) is 559 cm³/mol. The molecule has 34 nitrogen and oxygen atoms in total. The molecule has 2 aromatic rings. The summed E-state index contributed by atoms with van der Waals surface area (Å²) in [6.07, 6.45) is 3.57. The van der Waals surface area contributed by atoms with Gasteiger partial charge in [0.2, 0.25) is 18.4 Å². The standard InChI is InChI=1S/C47H82N5O12PSi.C38H65N3O11Si.C15H32N3P.2CH4/c1-16-38-42(63-65(60-27-24-48-13)52(30(2)3)31(4)5)43(64-66(14,15)47(10,11)12)41(61-38)37-28-51(46(57)50-44(37)56)25-22-40(55)49-23-19-21-36(54)20-17-18-26-58-45-34(8)32(6)33(7)39(62-45)29-59-35(9)53;1-11-29-32(45)34(52-53(9,10)38(6,7)8)33(50-29)28-21-41(37(47)40-35(28)46)19-17-31(44)39-18-14-16-27(43)15-12-13-20-48-36-25(4)23(2)24(3)30(51-36)22-49-26(5)42;1-12(2)17(13(3)4)19(11-9-10-16)18(14(5)6)15(7)8;;/h28,30-34,38-39,41-43,45H,16-27,29H2,1-12,14-15H3,(H,49,55)(H,50,56,57);21,23-25,29-30,32-34,36,45H,11-20,22H2,1-10H3,(H,39,44)(H,40,46,47);12-15H,9,11H2,1-8H3;2*1H4/t32?,33?,34?,38-,39?,41+,42+,43?,45?,65?;23?,24?,25?,29-,30?,32+,33+,34?,36?;;;/m11.../s1. The highest BCUT2D eigenvalue weighted by molar-refractivity contribution is 7.52. The number of aliphatic hydroxyl groups excluding tert-OH is 1. The van der Waals surface area contributed by atoms with Crippen molar-refractivity contribution in [3.8, 4) is 6.07 Å². The molecule has 19 atom stereocenters. The van der Waals surface area contributed by atoms with E-state index in [1.165, 1.54) is 35.4 Å². The number of rotatable bonds is 54. The SMILES string of the molecule is C.C.CC(C)N(C(C)C)P(CCC#N)N(C(C)C)C(C)C.CC[C@H]1O[C@@H](c2cn(CCC(=O)NCCCC(=O)CCCCOC3OC(COC(C)=O)C(C)C(C)C3C)c(=O)[nH]c2=O)C(O[Si](C)(C)C(C)(C)C)[C@H]1O.[C-]#[N+]CCOP(O[C@@H]1C(O[Si](C)(C)C(C)(C)C)[C@H](c2cn(CCC(=O)NCCCC(=O)CCCCOC3OC(COC(C)=O)C(C)C(C)C3C)c(=O)[nH]c2=O)O[C@@H]1CC)N(C(C)C)C(C)C. The number of unbranched alkanes of at least 4 members (excludes halogenated alkanes) is 2. The van der Waals surface area contributed by atoms with Crippen molar-refractivity contribution in [1.82, 2.24) is 43.7 Å². The average molecular weight is 2050 g/mol. The lowest BCUT2D eigenvalue weighted by atomic mass is 9.79. The van der Waals surface area contributed by atoms with E-state index in [0.29, 0.717) is 146 Å². The monoisotopic (exact) mass is 2050 g/mol. The largest absolute Gasteiger partial charge is 0.463 e. The maximum Gasteiger partial charge on any atom is 0.328 e. The Bertz CT molecular complexity index is 4350. The molecule has 0 bridgehead atoms. The molecule has 6 rings (SSSR count). The molecule has 0 radical (unpaired) electrons. The number of carbonyl (C=O) groups is 6. The van der Waals surface area contributed by atoms with Crippen LogP contribution >= 0.6 is 16.7 Å². The lowest BCUT2D eigenvalue weighted by Crippen LogP contribution is -2.49. The van der Waals surface area contributed by atoms with E-state index in [2.05, 4.69) is 238 Å². The Kier molecular flexibility index (Phi) is 58.1. The summed E-state index contributed by atoms with van der Waals surface area (Å²) in [7, 11) is -6.98. The number of nitrogens with one attached hydrogen (secondary N) is 4. The van der Waals surface area contributed by atoms with Crippen molar-refractivity contribution in [2.45, 2.75) is 464 Å². The number of ether oxygens (including phenoxy) is 8. The molecular formula is C102H187N11O23P2Si2. The molecule has 0 aliphatic carbocycles. The molecule has 140 heavy (non-hydrogen) atoms. The number of carbonyl (C=O) groups excluding carboxylic acids is 6. The van der Waals surface area contributed by atoms with Gasteiger partial charge in [0.1, 0.15) is 68.0 Å². The Morgan fingerprint density at radius 2 is 0.900 bits per heavy atom. The van der Waals surface area contributed by atoms with E-state index in [1.807, 2.05) is 13.8 Å². The van der Waals surface area contributed by atoms with Crippen LogP contribution in [-0.2, 0) is 97.7 Å². The van der Waals surface area contributed by atoms with Gasteiger partial charge in [0.25, 0.3) is 19.6 Å². The number of esters is 2. The van der Waals surface area contributed by atoms with Crippen molar-refractivity contribution < 1.29 is 89.7 Å². The molecule has 38 heteroatoms. The summed E-state index contributed by atoms with van der Waals surface area (Å²) in [5, 5.41) is 25.4. The highest BCUT2D eigenvalue weighted by atomic mass is 31.2. The number of aromatic nitrogens is 4. The Labute approximate surface area is 844 Å². The lowest BCUT2D eigenvalue weighted by Gasteiger charge is -2.47. The first-order valence-corrected chi connectivity index (χ1v) is 59.1. The van der Waals surface area contributed by atoms with Crippen molar-refractivity contribution in [2.24, 2.45) is 35.5 Å². The minimum Gasteiger partial charge on any atom is -0.463 e. The quantitative estimate of drug-likeness (QED) is 0.0135. The number of Topliss-reactive ketones (excluding diaryl/α,β-unsaturated/α-hetero) is 2. The molecule has 2 aromatic heterocycles. The van der Waals surface area contributed by atoms with Gasteiger partial charge >= 0.3 is 23.3 Å². The summed E-state index contributed by atoms with van der Waals surface area (Å²) in [6.45, 7) is 76.4. The zero-order valence-corrected chi connectivity index (χ0v) is 93.6. The van der Waals surface area contributed by atoms with Crippen LogP contribution in [0.5, 0.6) is 0 Å². The van der Waals surface area contributed by atoms with Gasteiger partial charge < -0.3 is 76.4 Å². The number of H-pyrrole nitrogens is 2. The highest BCUT2D eigenvalue weighted by Gasteiger charge is 2.55. The summed E-state index contributed by atoms with van der Waals surface area (Å²) in [5.41, 5.74) is -2.16. The first-order valence-electron chi connectivity index (χ1n) is 50.8. The van der Waals surface area contributed by atoms with Crippen molar-refractivity contribution in [1.29, 1.82) is 5.26 Å². The second kappa shape index (κ2) is 62.4. The predicted octanol–water partition coefficient (Wildman–Crippen LogP) is 17.8. The van der Waals surface area contributed by atoms with Crippen molar-refractivity contribution in [3.63, 3.8) is 0 Å². The molecular weight excluding hydrogens is 1870 g/mol. The van der Waals surface area contributed by atoms with E-state index < -0.39 is 117 Å². The number of aromatic amines is 2. The normalized spacial score (nSPS) is 24.2. The summed E-state index contributed by atoms with van der Waals surface area (Å²) < 4.78 is 84.4. The van der Waals surface area contributed by atoms with Crippen LogP contribution in [0.4, 0.5) is 0 Å². The average Bonchev–Trinajstić information content (AvgIpc) is 1.61. The van der Waals surface area contributed by atoms with Gasteiger partial charge in [-0.1, -0.05) is 112 Å². The van der Waals surface area contributed by atoms with Crippen LogP contribution in [0.2, 0.25) is 36.3 Å². The zero-order chi connectivity index (χ0) is 104. The third kappa shape index (κ3) is 40.5. The van der Waals surface area contributed by atoms with Gasteiger partial charge in [0, 0.05) is 173 Å². The molecule has 4 aliphatic rings. The maximum atomic E-state index is 13.7. The molecule has 0 saturated carbocycles. The molecule has 4 aliphatic heterocycles. The number of ketones is 2. The molecule has 2 amide bonds. The number of hydrogen-bond acceptors (Lipinski definition) is 27. The van der Waals surface area contributed by atoms with E-state index in [0.717, 1.165) is 6.16 Å². The fourth-order valence-electron chi connectivity index (χ4n) is 17.3. The number of aryl methyl sites for hydroxylation is 2. The number of nitriles is 1. The van der Waals surface area contributed by atoms with Crippen molar-refractivity contribution in [3.05, 3.63) is 76.6 Å². The summed E-state index contributed by atoms with van der Waals surface area (Å²) >= 11 is 0. The minimum absolute atomic E-state index is 0. The van der Waals surface area contributed by atoms with Crippen LogP contribution in [-0.4, -0.2) is 247 Å². The molecule has 5 N–H and O–H groups in total. The van der Waals surface area contributed by atoms with Gasteiger partial charge in [-0.15, -0.1) is 0 Å². The summed E-state index contributed by atoms with van der Waals surface area (Å²) in [4.78, 5) is 134. The molecule has 6 heterocycles. The third-order valence-electron chi connectivity index (χ3n) is 27.8. The summed E-state index contributed by atoms with van der Waals surface area (Å²) in [6, 6.07) is 4.53. The number of amides is 2. The fourth-order valence-corrected chi connectivity index (χ4v) is 24.8. The van der Waals surface area contributed by atoms with E-state index in [-0.39, 0.29) is 172 Å².